The predicted octanol–water partition coefficient (Wildman–Crippen LogP) is 3.34. The van der Waals surface area contributed by atoms with E-state index < -0.39 is 5.95 Å². The molecule has 0 saturated carbocycles. The summed E-state index contributed by atoms with van der Waals surface area (Å²) in [4.78, 5) is 3.69. The molecule has 1 heterocycles. The molecule has 1 aromatic heterocycles. The van der Waals surface area contributed by atoms with Crippen molar-refractivity contribution in [2.45, 2.75) is 6.92 Å². The number of rotatable bonds is 1. The smallest absolute Gasteiger partial charge is 0.220 e. The number of hydrogen-bond acceptors (Lipinski definition) is 1. The average molecular weight is 205 g/mol. The fraction of sp³-hybridized carbons (Fsp3) is 0.0833. The Hall–Kier alpha value is -1.77. The lowest BCUT2D eigenvalue weighted by atomic mass is 10.1. The predicted molar refractivity (Wildman–Crippen MR) is 54.3 cm³/mol. The number of halogens is 2. The third-order valence-corrected chi connectivity index (χ3v) is 2.12. The van der Waals surface area contributed by atoms with Gasteiger partial charge in [-0.05, 0) is 36.8 Å². The number of pyridine rings is 1. The molecule has 0 amide bonds. The SMILES string of the molecule is Cc1ccc(-c2cccc(F)c2)c(F)n1. The van der Waals surface area contributed by atoms with Crippen molar-refractivity contribution in [1.29, 1.82) is 0 Å². The highest BCUT2D eigenvalue weighted by molar-refractivity contribution is 5.63. The maximum Gasteiger partial charge on any atom is 0.220 e. The van der Waals surface area contributed by atoms with Crippen LogP contribution in [0.2, 0.25) is 0 Å². The lowest BCUT2D eigenvalue weighted by Crippen LogP contribution is -1.91. The second kappa shape index (κ2) is 3.77. The summed E-state index contributed by atoms with van der Waals surface area (Å²) < 4.78 is 26.4. The molecular weight excluding hydrogens is 196 g/mol. The van der Waals surface area contributed by atoms with E-state index >= 15 is 0 Å². The van der Waals surface area contributed by atoms with Crippen LogP contribution in [0, 0.1) is 18.7 Å². The zero-order valence-electron chi connectivity index (χ0n) is 8.17. The van der Waals surface area contributed by atoms with Crippen LogP contribution >= 0.6 is 0 Å². The Labute approximate surface area is 86.4 Å². The molecule has 0 aliphatic carbocycles. The molecule has 1 aromatic carbocycles. The molecule has 0 aliphatic rings. The highest BCUT2D eigenvalue weighted by Crippen LogP contribution is 2.22. The van der Waals surface area contributed by atoms with E-state index in [2.05, 4.69) is 4.98 Å². The van der Waals surface area contributed by atoms with Gasteiger partial charge in [0, 0.05) is 11.3 Å². The van der Waals surface area contributed by atoms with E-state index in [0.717, 1.165) is 0 Å². The first-order valence-corrected chi connectivity index (χ1v) is 4.56. The topological polar surface area (TPSA) is 12.9 Å². The first-order chi connectivity index (χ1) is 7.16. The standard InChI is InChI=1S/C12H9F2N/c1-8-5-6-11(12(14)15-8)9-3-2-4-10(13)7-9/h2-7H,1H3. The molecule has 0 radical (unpaired) electrons. The molecule has 2 rings (SSSR count). The molecular formula is C12H9F2N. The summed E-state index contributed by atoms with van der Waals surface area (Å²) in [6, 6.07) is 9.11. The van der Waals surface area contributed by atoms with Crippen molar-refractivity contribution >= 4 is 0 Å². The molecule has 2 aromatic rings. The van der Waals surface area contributed by atoms with Gasteiger partial charge in [0.15, 0.2) is 0 Å². The highest BCUT2D eigenvalue weighted by Gasteiger charge is 2.06. The molecule has 0 bridgehead atoms. The molecule has 0 saturated heterocycles. The summed E-state index contributed by atoms with van der Waals surface area (Å²) >= 11 is 0. The molecule has 0 unspecified atom stereocenters. The molecule has 3 heteroatoms. The zero-order chi connectivity index (χ0) is 10.8. The average Bonchev–Trinajstić information content (AvgIpc) is 2.17. The van der Waals surface area contributed by atoms with Gasteiger partial charge in [-0.25, -0.2) is 9.37 Å². The minimum Gasteiger partial charge on any atom is -0.225 e. The molecule has 0 atom stereocenters. The Morgan fingerprint density at radius 3 is 2.53 bits per heavy atom. The maximum atomic E-state index is 13.4. The van der Waals surface area contributed by atoms with Crippen LogP contribution in [0.15, 0.2) is 36.4 Å². The van der Waals surface area contributed by atoms with Gasteiger partial charge in [0.2, 0.25) is 5.95 Å². The van der Waals surface area contributed by atoms with E-state index in [9.17, 15) is 8.78 Å². The second-order valence-corrected chi connectivity index (χ2v) is 3.30. The Morgan fingerprint density at radius 1 is 1.07 bits per heavy atom. The van der Waals surface area contributed by atoms with Gasteiger partial charge in [-0.3, -0.25) is 0 Å². The minimum absolute atomic E-state index is 0.320. The second-order valence-electron chi connectivity index (χ2n) is 3.30. The van der Waals surface area contributed by atoms with E-state index in [1.54, 1.807) is 31.2 Å². The maximum absolute atomic E-state index is 13.4. The molecule has 76 valence electrons. The van der Waals surface area contributed by atoms with Gasteiger partial charge in [0.05, 0.1) is 0 Å². The van der Waals surface area contributed by atoms with Crippen LogP contribution in [0.5, 0.6) is 0 Å². The third-order valence-electron chi connectivity index (χ3n) is 2.12. The van der Waals surface area contributed by atoms with E-state index in [0.29, 0.717) is 16.8 Å². The Morgan fingerprint density at radius 2 is 1.87 bits per heavy atom. The van der Waals surface area contributed by atoms with Crippen molar-refractivity contribution in [2.75, 3.05) is 0 Å². The van der Waals surface area contributed by atoms with Crippen LogP contribution in [-0.4, -0.2) is 4.98 Å². The van der Waals surface area contributed by atoms with Gasteiger partial charge in [-0.2, -0.15) is 4.39 Å². The number of benzene rings is 1. The van der Waals surface area contributed by atoms with Crippen molar-refractivity contribution in [3.05, 3.63) is 53.9 Å². The minimum atomic E-state index is -0.569. The summed E-state index contributed by atoms with van der Waals surface area (Å²) in [5.41, 5.74) is 1.42. The summed E-state index contributed by atoms with van der Waals surface area (Å²) in [5.74, 6) is -0.951. The molecule has 0 fully saturated rings. The van der Waals surface area contributed by atoms with Crippen LogP contribution in [0.4, 0.5) is 8.78 Å². The third kappa shape index (κ3) is 2.01. The van der Waals surface area contributed by atoms with E-state index in [4.69, 9.17) is 0 Å². The Bertz CT molecular complexity index is 495. The molecule has 15 heavy (non-hydrogen) atoms. The van der Waals surface area contributed by atoms with Crippen molar-refractivity contribution in [3.8, 4) is 11.1 Å². The van der Waals surface area contributed by atoms with Gasteiger partial charge >= 0.3 is 0 Å². The van der Waals surface area contributed by atoms with Gasteiger partial charge in [-0.15, -0.1) is 0 Å². The van der Waals surface area contributed by atoms with Crippen LogP contribution in [0.3, 0.4) is 0 Å². The van der Waals surface area contributed by atoms with Crippen molar-refractivity contribution in [3.63, 3.8) is 0 Å². The number of nitrogens with zero attached hydrogens (tertiary/aromatic N) is 1. The van der Waals surface area contributed by atoms with Gasteiger partial charge in [0.1, 0.15) is 5.82 Å². The first-order valence-electron chi connectivity index (χ1n) is 4.56. The van der Waals surface area contributed by atoms with Crippen LogP contribution < -0.4 is 0 Å². The number of hydrogen-bond donors (Lipinski definition) is 0. The van der Waals surface area contributed by atoms with Crippen molar-refractivity contribution in [1.82, 2.24) is 4.98 Å². The van der Waals surface area contributed by atoms with Crippen LogP contribution in [0.1, 0.15) is 5.69 Å². The van der Waals surface area contributed by atoms with Gasteiger partial charge < -0.3 is 0 Å². The van der Waals surface area contributed by atoms with Crippen molar-refractivity contribution < 1.29 is 8.78 Å². The summed E-state index contributed by atoms with van der Waals surface area (Å²) in [7, 11) is 0. The van der Waals surface area contributed by atoms with Gasteiger partial charge in [0.25, 0.3) is 0 Å². The van der Waals surface area contributed by atoms with Crippen molar-refractivity contribution in [2.24, 2.45) is 0 Å². The molecule has 0 aliphatic heterocycles. The lowest BCUT2D eigenvalue weighted by Gasteiger charge is -2.03. The number of aromatic nitrogens is 1. The first kappa shape index (κ1) is 9.77. The van der Waals surface area contributed by atoms with E-state index in [1.807, 2.05) is 0 Å². The molecule has 0 spiro atoms. The lowest BCUT2D eigenvalue weighted by molar-refractivity contribution is 0.583. The Kier molecular flexibility index (Phi) is 2.46. The fourth-order valence-corrected chi connectivity index (χ4v) is 1.40. The summed E-state index contributed by atoms with van der Waals surface area (Å²) in [5, 5.41) is 0. The number of aryl methyl sites for hydroxylation is 1. The fourth-order valence-electron chi connectivity index (χ4n) is 1.40. The van der Waals surface area contributed by atoms with Crippen LogP contribution in [0.25, 0.3) is 11.1 Å². The molecule has 0 N–H and O–H groups in total. The normalized spacial score (nSPS) is 10.3. The van der Waals surface area contributed by atoms with Gasteiger partial charge in [-0.1, -0.05) is 12.1 Å². The van der Waals surface area contributed by atoms with E-state index in [1.165, 1.54) is 12.1 Å². The zero-order valence-corrected chi connectivity index (χ0v) is 8.17. The monoisotopic (exact) mass is 205 g/mol. The van der Waals surface area contributed by atoms with Crippen LogP contribution in [-0.2, 0) is 0 Å². The largest absolute Gasteiger partial charge is 0.225 e. The highest BCUT2D eigenvalue weighted by atomic mass is 19.1. The Balaban J connectivity index is 2.54. The van der Waals surface area contributed by atoms with E-state index in [-0.39, 0.29) is 5.82 Å². The molecule has 1 nitrogen and oxygen atoms in total. The summed E-state index contributed by atoms with van der Waals surface area (Å²) in [6.45, 7) is 1.71. The quantitative estimate of drug-likeness (QED) is 0.650. The summed E-state index contributed by atoms with van der Waals surface area (Å²) in [6.07, 6.45) is 0.